The molecular weight excluding hydrogens is 436 g/mol. The Labute approximate surface area is 208 Å². The number of hydrogen-bond acceptors (Lipinski definition) is 4. The highest BCUT2D eigenvalue weighted by Gasteiger charge is 2.51. The number of ether oxygens (including phenoxy) is 3. The van der Waals surface area contributed by atoms with Crippen LogP contribution < -0.4 is 4.74 Å². The molecule has 0 spiro atoms. The van der Waals surface area contributed by atoms with Gasteiger partial charge in [0, 0.05) is 12.7 Å². The Kier molecular flexibility index (Phi) is 6.08. The summed E-state index contributed by atoms with van der Waals surface area (Å²) in [6, 6.07) is 19.6. The Balaban J connectivity index is 1.36. The van der Waals surface area contributed by atoms with Gasteiger partial charge in [0.2, 0.25) is 0 Å². The maximum atomic E-state index is 10.3. The zero-order valence-electron chi connectivity index (χ0n) is 20.8. The lowest BCUT2D eigenvalue weighted by molar-refractivity contribution is -0.231. The lowest BCUT2D eigenvalue weighted by Gasteiger charge is -2.57. The predicted octanol–water partition coefficient (Wildman–Crippen LogP) is 6.81. The smallest absolute Gasteiger partial charge is 0.315 e. The van der Waals surface area contributed by atoms with Crippen molar-refractivity contribution < 1.29 is 19.3 Å². The summed E-state index contributed by atoms with van der Waals surface area (Å²) in [5, 5.41) is 12.8. The van der Waals surface area contributed by atoms with Gasteiger partial charge in [0.1, 0.15) is 5.75 Å². The number of benzene rings is 3. The third kappa shape index (κ3) is 4.16. The van der Waals surface area contributed by atoms with Gasteiger partial charge in [-0.05, 0) is 108 Å². The van der Waals surface area contributed by atoms with Gasteiger partial charge in [0.25, 0.3) is 0 Å². The van der Waals surface area contributed by atoms with E-state index in [0.29, 0.717) is 17.8 Å². The molecule has 1 atom stereocenters. The van der Waals surface area contributed by atoms with Gasteiger partial charge in [-0.3, -0.25) is 0 Å². The van der Waals surface area contributed by atoms with Gasteiger partial charge < -0.3 is 19.3 Å². The van der Waals surface area contributed by atoms with Gasteiger partial charge in [0.15, 0.2) is 0 Å². The molecular formula is C31H36O4. The molecule has 0 aliphatic heterocycles. The van der Waals surface area contributed by atoms with Crippen molar-refractivity contribution in [1.82, 2.24) is 0 Å². The Hall–Kier alpha value is -2.40. The van der Waals surface area contributed by atoms with Crippen molar-refractivity contribution in [2.75, 3.05) is 13.7 Å². The molecule has 4 aliphatic rings. The summed E-state index contributed by atoms with van der Waals surface area (Å²) in [5.41, 5.74) is 4.72. The molecule has 4 bridgehead atoms. The molecule has 4 aliphatic carbocycles. The van der Waals surface area contributed by atoms with E-state index in [0.717, 1.165) is 34.4 Å². The molecule has 184 valence electrons. The molecule has 0 radical (unpaired) electrons. The second-order valence-electron chi connectivity index (χ2n) is 11.0. The summed E-state index contributed by atoms with van der Waals surface area (Å²) in [5.74, 6) is 3.38. The Morgan fingerprint density at radius 3 is 2.29 bits per heavy atom. The van der Waals surface area contributed by atoms with Crippen LogP contribution in [0, 0.1) is 17.8 Å². The van der Waals surface area contributed by atoms with Gasteiger partial charge in [-0.25, -0.2) is 0 Å². The van der Waals surface area contributed by atoms with Crippen LogP contribution in [0.2, 0.25) is 0 Å². The topological polar surface area (TPSA) is 47.9 Å². The van der Waals surface area contributed by atoms with E-state index >= 15 is 0 Å². The van der Waals surface area contributed by atoms with Gasteiger partial charge in [-0.1, -0.05) is 42.5 Å². The van der Waals surface area contributed by atoms with Crippen molar-refractivity contribution in [3.63, 3.8) is 0 Å². The predicted molar refractivity (Wildman–Crippen MR) is 138 cm³/mol. The van der Waals surface area contributed by atoms with E-state index in [1.807, 2.05) is 25.1 Å². The maximum absolute atomic E-state index is 10.3. The first kappa shape index (κ1) is 23.0. The standard InChI is InChI=1S/C31H36O4/c1-3-34-30(33-2)35-29-6-4-5-27(28(29)19-32)24-8-7-23-9-10-26(15-25(23)14-24)31-16-20-11-21(17-31)13-22(12-20)18-31/h4-10,14-15,20-22,30,32H,3,11-13,16-19H2,1-2H3. The molecule has 0 saturated heterocycles. The molecule has 1 N–H and O–H groups in total. The molecule has 1 unspecified atom stereocenters. The molecule has 0 aromatic heterocycles. The average Bonchev–Trinajstić information content (AvgIpc) is 2.86. The van der Waals surface area contributed by atoms with E-state index in [2.05, 4.69) is 36.4 Å². The van der Waals surface area contributed by atoms with Crippen LogP contribution >= 0.6 is 0 Å². The monoisotopic (exact) mass is 472 g/mol. The molecule has 4 saturated carbocycles. The number of rotatable bonds is 8. The van der Waals surface area contributed by atoms with Crippen molar-refractivity contribution in [2.24, 2.45) is 17.8 Å². The van der Waals surface area contributed by atoms with E-state index in [-0.39, 0.29) is 6.61 Å². The molecule has 3 aromatic carbocycles. The highest BCUT2D eigenvalue weighted by Crippen LogP contribution is 2.60. The number of fused-ring (bicyclic) bond motifs is 1. The Morgan fingerprint density at radius 1 is 0.914 bits per heavy atom. The van der Waals surface area contributed by atoms with Crippen LogP contribution in [0.3, 0.4) is 0 Å². The minimum absolute atomic E-state index is 0.126. The lowest BCUT2D eigenvalue weighted by atomic mass is 9.48. The zero-order valence-corrected chi connectivity index (χ0v) is 20.8. The van der Waals surface area contributed by atoms with E-state index < -0.39 is 6.48 Å². The molecule has 35 heavy (non-hydrogen) atoms. The summed E-state index contributed by atoms with van der Waals surface area (Å²) in [7, 11) is 1.55. The van der Waals surface area contributed by atoms with Crippen LogP contribution in [-0.2, 0) is 21.5 Å². The Bertz CT molecular complexity index is 1180. The number of methoxy groups -OCH3 is 1. The first-order chi connectivity index (χ1) is 17.1. The van der Waals surface area contributed by atoms with Crippen molar-refractivity contribution in [1.29, 1.82) is 0 Å². The summed E-state index contributed by atoms with van der Waals surface area (Å²) in [4.78, 5) is 0. The van der Waals surface area contributed by atoms with Gasteiger partial charge in [-0.2, -0.15) is 0 Å². The van der Waals surface area contributed by atoms with Crippen LogP contribution in [-0.4, -0.2) is 25.3 Å². The number of hydrogen-bond donors (Lipinski definition) is 1. The van der Waals surface area contributed by atoms with Crippen LogP contribution in [0.25, 0.3) is 21.9 Å². The van der Waals surface area contributed by atoms with E-state index in [1.54, 1.807) is 12.7 Å². The number of aliphatic hydroxyl groups excluding tert-OH is 1. The summed E-state index contributed by atoms with van der Waals surface area (Å²) in [6.07, 6.45) is 8.52. The summed E-state index contributed by atoms with van der Waals surface area (Å²) in [6.45, 7) is 1.44. The van der Waals surface area contributed by atoms with E-state index in [4.69, 9.17) is 14.2 Å². The van der Waals surface area contributed by atoms with Crippen molar-refractivity contribution in [2.45, 2.75) is 63.9 Å². The Morgan fingerprint density at radius 2 is 1.63 bits per heavy atom. The highest BCUT2D eigenvalue weighted by molar-refractivity contribution is 5.89. The van der Waals surface area contributed by atoms with E-state index in [1.165, 1.54) is 49.3 Å². The van der Waals surface area contributed by atoms with Crippen LogP contribution in [0.4, 0.5) is 0 Å². The van der Waals surface area contributed by atoms with Gasteiger partial charge in [-0.15, -0.1) is 0 Å². The third-order valence-corrected chi connectivity index (χ3v) is 8.81. The minimum Gasteiger partial charge on any atom is -0.441 e. The largest absolute Gasteiger partial charge is 0.441 e. The summed E-state index contributed by atoms with van der Waals surface area (Å²) >= 11 is 0. The SMILES string of the molecule is CCOC(OC)Oc1cccc(-c2ccc3ccc(C45CC6CC(CC(C6)C4)C5)cc3c2)c1CO. The molecule has 4 nitrogen and oxygen atoms in total. The van der Waals surface area contributed by atoms with Crippen molar-refractivity contribution in [3.05, 3.63) is 65.7 Å². The molecule has 7 rings (SSSR count). The zero-order chi connectivity index (χ0) is 24.0. The van der Waals surface area contributed by atoms with Crippen molar-refractivity contribution >= 4 is 10.8 Å². The van der Waals surface area contributed by atoms with Gasteiger partial charge in [0.05, 0.1) is 13.2 Å². The highest BCUT2D eigenvalue weighted by atomic mass is 16.8. The second kappa shape index (κ2) is 9.24. The molecule has 4 heteroatoms. The normalized spacial score (nSPS) is 27.9. The average molecular weight is 473 g/mol. The van der Waals surface area contributed by atoms with Crippen LogP contribution in [0.15, 0.2) is 54.6 Å². The van der Waals surface area contributed by atoms with Gasteiger partial charge >= 0.3 is 6.48 Å². The first-order valence-electron chi connectivity index (χ1n) is 13.2. The molecule has 0 heterocycles. The molecule has 3 aromatic rings. The number of aliphatic hydroxyl groups is 1. The fourth-order valence-corrected chi connectivity index (χ4v) is 7.71. The molecule has 4 fully saturated rings. The molecule has 0 amide bonds. The lowest BCUT2D eigenvalue weighted by Crippen LogP contribution is -2.48. The summed E-state index contributed by atoms with van der Waals surface area (Å²) < 4.78 is 16.7. The fourth-order valence-electron chi connectivity index (χ4n) is 7.71. The quantitative estimate of drug-likeness (QED) is 0.366. The first-order valence-corrected chi connectivity index (χ1v) is 13.2. The maximum Gasteiger partial charge on any atom is 0.315 e. The van der Waals surface area contributed by atoms with Crippen LogP contribution in [0.5, 0.6) is 5.75 Å². The van der Waals surface area contributed by atoms with E-state index in [9.17, 15) is 5.11 Å². The fraction of sp³-hybridized carbons (Fsp3) is 0.484. The minimum atomic E-state index is -0.806. The van der Waals surface area contributed by atoms with Crippen LogP contribution in [0.1, 0.15) is 56.6 Å². The third-order valence-electron chi connectivity index (χ3n) is 8.81. The second-order valence-corrected chi connectivity index (χ2v) is 11.0. The van der Waals surface area contributed by atoms with Crippen molar-refractivity contribution in [3.8, 4) is 16.9 Å².